The van der Waals surface area contributed by atoms with Crippen molar-refractivity contribution in [3.63, 3.8) is 0 Å². The molecule has 0 unspecified atom stereocenters. The predicted octanol–water partition coefficient (Wildman–Crippen LogP) is 1.85. The summed E-state index contributed by atoms with van der Waals surface area (Å²) in [6, 6.07) is 11.7. The summed E-state index contributed by atoms with van der Waals surface area (Å²) >= 11 is 0. The molecule has 68 valence electrons. The first kappa shape index (κ1) is 8.82. The molecule has 0 heterocycles. The summed E-state index contributed by atoms with van der Waals surface area (Å²) in [5, 5.41) is 2.12. The van der Waals surface area contributed by atoms with Crippen molar-refractivity contribution >= 4 is 30.1 Å². The van der Waals surface area contributed by atoms with Crippen molar-refractivity contribution in [2.45, 2.75) is 0 Å². The van der Waals surface area contributed by atoms with Crippen LogP contribution in [0.25, 0.3) is 10.8 Å². The second-order valence-corrected chi connectivity index (χ2v) is 3.02. The monoisotopic (exact) mass is 183 g/mol. The molecule has 0 radical (unpaired) electrons. The minimum atomic E-state index is 0.719. The quantitative estimate of drug-likeness (QED) is 0.569. The van der Waals surface area contributed by atoms with Crippen LogP contribution < -0.4 is 10.4 Å². The zero-order valence-corrected chi connectivity index (χ0v) is 7.73. The Hall–Kier alpha value is -1.77. The number of rotatable bonds is 2. The van der Waals surface area contributed by atoms with Crippen LogP contribution in [-0.4, -0.2) is 13.6 Å². The van der Waals surface area contributed by atoms with E-state index in [4.69, 9.17) is 10.4 Å². The van der Waals surface area contributed by atoms with E-state index < -0.39 is 0 Å². The van der Waals surface area contributed by atoms with Gasteiger partial charge in [0.1, 0.15) is 0 Å². The zero-order chi connectivity index (χ0) is 9.97. The average Bonchev–Trinajstić information content (AvgIpc) is 2.18. The van der Waals surface area contributed by atoms with E-state index in [9.17, 15) is 0 Å². The fraction of sp³-hybridized carbons (Fsp3) is 0. The number of hydrogen-bond acceptors (Lipinski definition) is 2. The van der Waals surface area contributed by atoms with Crippen molar-refractivity contribution in [1.82, 2.24) is 0 Å². The topological polar surface area (TPSA) is 35.2 Å². The molecule has 2 aromatic rings. The standard InChI is InChI=1S/C11H10BNO/c1-12-14-9-6-8-4-2-3-5-10(8)11(13)7-9/h2-7H,1,13H2. The molecule has 3 heteroatoms. The van der Waals surface area contributed by atoms with E-state index in [1.165, 1.54) is 7.12 Å². The van der Waals surface area contributed by atoms with Gasteiger partial charge < -0.3 is 0 Å². The Kier molecular flexibility index (Phi) is 2.23. The molecule has 0 aliphatic rings. The Labute approximate surface area is 83.2 Å². The molecule has 0 amide bonds. The Balaban J connectivity index is 2.65. The first-order chi connectivity index (χ1) is 6.81. The molecule has 0 aromatic heterocycles. The van der Waals surface area contributed by atoms with Gasteiger partial charge in [-0.05, 0) is 0 Å². The van der Waals surface area contributed by atoms with Crippen LogP contribution in [0.1, 0.15) is 0 Å². The Morgan fingerprint density at radius 2 is 2.00 bits per heavy atom. The van der Waals surface area contributed by atoms with E-state index in [0.717, 1.165) is 22.2 Å². The third kappa shape index (κ3) is 1.49. The molecule has 0 saturated carbocycles. The molecule has 0 aliphatic heterocycles. The van der Waals surface area contributed by atoms with Crippen LogP contribution in [0.4, 0.5) is 5.69 Å². The van der Waals surface area contributed by atoms with E-state index in [-0.39, 0.29) is 0 Å². The molecule has 0 atom stereocenters. The summed E-state index contributed by atoms with van der Waals surface area (Å²) in [6.07, 6.45) is 0. The summed E-state index contributed by atoms with van der Waals surface area (Å²) < 4.78 is 5.18. The van der Waals surface area contributed by atoms with Gasteiger partial charge in [0, 0.05) is 0 Å². The third-order valence-corrected chi connectivity index (χ3v) is 2.09. The van der Waals surface area contributed by atoms with Crippen molar-refractivity contribution in [2.75, 3.05) is 5.73 Å². The van der Waals surface area contributed by atoms with Gasteiger partial charge in [-0.25, -0.2) is 0 Å². The molecule has 2 rings (SSSR count). The number of nitrogen functional groups attached to an aromatic ring is 1. The van der Waals surface area contributed by atoms with Gasteiger partial charge in [-0.15, -0.1) is 0 Å². The van der Waals surface area contributed by atoms with Gasteiger partial charge in [-0.3, -0.25) is 0 Å². The van der Waals surface area contributed by atoms with E-state index in [2.05, 4.69) is 6.47 Å². The molecule has 14 heavy (non-hydrogen) atoms. The van der Waals surface area contributed by atoms with Gasteiger partial charge in [-0.2, -0.15) is 0 Å². The van der Waals surface area contributed by atoms with Crippen LogP contribution in [0.2, 0.25) is 0 Å². The van der Waals surface area contributed by atoms with Crippen LogP contribution >= 0.6 is 0 Å². The fourth-order valence-corrected chi connectivity index (χ4v) is 1.48. The molecule has 0 spiro atoms. The number of hydrogen-bond donors (Lipinski definition) is 1. The van der Waals surface area contributed by atoms with E-state index in [0.29, 0.717) is 0 Å². The van der Waals surface area contributed by atoms with Gasteiger partial charge in [0.2, 0.25) is 0 Å². The van der Waals surface area contributed by atoms with Crippen molar-refractivity contribution in [1.29, 1.82) is 0 Å². The maximum absolute atomic E-state index is 5.87. The Morgan fingerprint density at radius 3 is 2.79 bits per heavy atom. The van der Waals surface area contributed by atoms with Crippen molar-refractivity contribution < 1.29 is 4.65 Å². The minimum absolute atomic E-state index is 0.719. The van der Waals surface area contributed by atoms with Gasteiger partial charge >= 0.3 is 82.6 Å². The van der Waals surface area contributed by atoms with E-state index in [1.807, 2.05) is 30.3 Å². The van der Waals surface area contributed by atoms with Crippen LogP contribution in [0, 0.1) is 0 Å². The molecule has 0 bridgehead atoms. The summed E-state index contributed by atoms with van der Waals surface area (Å²) in [5.41, 5.74) is 6.60. The normalized spacial score (nSPS) is 9.71. The summed E-state index contributed by atoms with van der Waals surface area (Å²) in [7, 11) is 1.39. The number of benzene rings is 2. The van der Waals surface area contributed by atoms with Gasteiger partial charge in [0.15, 0.2) is 0 Å². The Bertz CT molecular complexity index is 482. The van der Waals surface area contributed by atoms with Crippen molar-refractivity contribution in [3.05, 3.63) is 36.4 Å². The molecule has 0 aliphatic carbocycles. The first-order valence-electron chi connectivity index (χ1n) is 4.37. The third-order valence-electron chi connectivity index (χ3n) is 2.09. The number of anilines is 1. The maximum atomic E-state index is 5.87. The van der Waals surface area contributed by atoms with Gasteiger partial charge in [0.05, 0.1) is 0 Å². The van der Waals surface area contributed by atoms with E-state index in [1.54, 1.807) is 6.07 Å². The van der Waals surface area contributed by atoms with Crippen LogP contribution in [0.15, 0.2) is 36.4 Å². The van der Waals surface area contributed by atoms with E-state index >= 15 is 0 Å². The molecular weight excluding hydrogens is 173 g/mol. The second-order valence-electron chi connectivity index (χ2n) is 3.02. The molecule has 2 nitrogen and oxygen atoms in total. The second kappa shape index (κ2) is 3.54. The van der Waals surface area contributed by atoms with Crippen LogP contribution in [0.3, 0.4) is 0 Å². The SMILES string of the molecule is C=BOc1cc(N)c2ccccc2c1. The molecule has 0 saturated heterocycles. The summed E-state index contributed by atoms with van der Waals surface area (Å²) in [5.74, 6) is 0.719. The molecular formula is C11H10BNO. The fourth-order valence-electron chi connectivity index (χ4n) is 1.48. The number of nitrogens with two attached hydrogens (primary N) is 1. The summed E-state index contributed by atoms with van der Waals surface area (Å²) in [6.45, 7) is 3.50. The molecule has 2 aromatic carbocycles. The predicted molar refractivity (Wildman–Crippen MR) is 61.9 cm³/mol. The van der Waals surface area contributed by atoms with Gasteiger partial charge in [0.25, 0.3) is 0 Å². The number of fused-ring (bicyclic) bond motifs is 1. The van der Waals surface area contributed by atoms with Crippen LogP contribution in [-0.2, 0) is 0 Å². The van der Waals surface area contributed by atoms with Crippen molar-refractivity contribution in [2.24, 2.45) is 0 Å². The first-order valence-corrected chi connectivity index (χ1v) is 4.37. The van der Waals surface area contributed by atoms with Gasteiger partial charge in [-0.1, -0.05) is 0 Å². The summed E-state index contributed by atoms with van der Waals surface area (Å²) in [4.78, 5) is 0. The Morgan fingerprint density at radius 1 is 1.21 bits per heavy atom. The average molecular weight is 183 g/mol. The van der Waals surface area contributed by atoms with Crippen molar-refractivity contribution in [3.8, 4) is 5.75 Å². The zero-order valence-electron chi connectivity index (χ0n) is 7.73. The molecule has 0 fully saturated rings. The van der Waals surface area contributed by atoms with Crippen LogP contribution in [0.5, 0.6) is 5.75 Å². The molecule has 2 N–H and O–H groups in total.